The van der Waals surface area contributed by atoms with E-state index >= 15 is 0 Å². The van der Waals surface area contributed by atoms with Crippen molar-refractivity contribution in [2.45, 2.75) is 25.5 Å². The Balaban J connectivity index is 1.98. The second kappa shape index (κ2) is 5.78. The van der Waals surface area contributed by atoms with E-state index in [9.17, 15) is 4.39 Å². The Morgan fingerprint density at radius 3 is 2.71 bits per heavy atom. The summed E-state index contributed by atoms with van der Waals surface area (Å²) in [5.41, 5.74) is 3.21. The van der Waals surface area contributed by atoms with E-state index in [1.165, 1.54) is 11.6 Å². The van der Waals surface area contributed by atoms with Crippen LogP contribution in [-0.4, -0.2) is 7.05 Å². The SMILES string of the molecule is CNC1CC(c2ccc(C)cc2Br)Oc2ccc(F)cc21. The first kappa shape index (κ1) is 14.5. The normalized spacial score (nSPS) is 20.8. The lowest BCUT2D eigenvalue weighted by Crippen LogP contribution is -2.27. The lowest BCUT2D eigenvalue weighted by atomic mass is 9.92. The zero-order chi connectivity index (χ0) is 15.0. The number of halogens is 2. The highest BCUT2D eigenvalue weighted by Gasteiger charge is 2.29. The molecular weight excluding hydrogens is 333 g/mol. The highest BCUT2D eigenvalue weighted by atomic mass is 79.9. The summed E-state index contributed by atoms with van der Waals surface area (Å²) in [5.74, 6) is 0.520. The number of hydrogen-bond donors (Lipinski definition) is 1. The molecule has 0 bridgehead atoms. The maximum absolute atomic E-state index is 13.4. The Kier molecular flexibility index (Phi) is 4.00. The van der Waals surface area contributed by atoms with Crippen molar-refractivity contribution in [1.29, 1.82) is 0 Å². The number of hydrogen-bond acceptors (Lipinski definition) is 2. The zero-order valence-electron chi connectivity index (χ0n) is 12.0. The molecule has 0 aromatic heterocycles. The summed E-state index contributed by atoms with van der Waals surface area (Å²) < 4.78 is 20.6. The van der Waals surface area contributed by atoms with Gasteiger partial charge in [-0.2, -0.15) is 0 Å². The fourth-order valence-corrected chi connectivity index (χ4v) is 3.55. The van der Waals surface area contributed by atoms with Crippen molar-refractivity contribution in [3.05, 3.63) is 63.4 Å². The van der Waals surface area contributed by atoms with E-state index in [0.29, 0.717) is 0 Å². The van der Waals surface area contributed by atoms with E-state index in [2.05, 4.69) is 46.4 Å². The van der Waals surface area contributed by atoms with Crippen molar-refractivity contribution in [2.24, 2.45) is 0 Å². The minimum atomic E-state index is -0.229. The van der Waals surface area contributed by atoms with Crippen molar-refractivity contribution >= 4 is 15.9 Å². The van der Waals surface area contributed by atoms with Gasteiger partial charge in [0, 0.05) is 28.1 Å². The van der Waals surface area contributed by atoms with Crippen LogP contribution in [0.4, 0.5) is 4.39 Å². The summed E-state index contributed by atoms with van der Waals surface area (Å²) >= 11 is 3.62. The summed E-state index contributed by atoms with van der Waals surface area (Å²) in [6, 6.07) is 11.1. The summed E-state index contributed by atoms with van der Waals surface area (Å²) in [6.45, 7) is 2.06. The van der Waals surface area contributed by atoms with Gasteiger partial charge in [0.1, 0.15) is 17.7 Å². The quantitative estimate of drug-likeness (QED) is 0.849. The summed E-state index contributed by atoms with van der Waals surface area (Å²) in [6.07, 6.45) is 0.726. The molecule has 0 amide bonds. The van der Waals surface area contributed by atoms with Gasteiger partial charge in [0.2, 0.25) is 0 Å². The van der Waals surface area contributed by atoms with Crippen molar-refractivity contribution in [3.63, 3.8) is 0 Å². The van der Waals surface area contributed by atoms with Crippen LogP contribution >= 0.6 is 15.9 Å². The minimum absolute atomic E-state index is 0.0459. The molecule has 1 aliphatic rings. The summed E-state index contributed by atoms with van der Waals surface area (Å²) in [4.78, 5) is 0. The molecule has 1 N–H and O–H groups in total. The van der Waals surface area contributed by atoms with E-state index < -0.39 is 0 Å². The second-order valence-electron chi connectivity index (χ2n) is 5.39. The van der Waals surface area contributed by atoms with Crippen molar-refractivity contribution < 1.29 is 9.13 Å². The molecule has 21 heavy (non-hydrogen) atoms. The molecule has 0 spiro atoms. The second-order valence-corrected chi connectivity index (χ2v) is 6.24. The number of nitrogens with one attached hydrogen (secondary N) is 1. The van der Waals surface area contributed by atoms with Crippen LogP contribution in [0.3, 0.4) is 0 Å². The lowest BCUT2D eigenvalue weighted by Gasteiger charge is -2.33. The van der Waals surface area contributed by atoms with Crippen molar-refractivity contribution in [3.8, 4) is 5.75 Å². The van der Waals surface area contributed by atoms with Gasteiger partial charge in [0.15, 0.2) is 0 Å². The molecule has 3 rings (SSSR count). The molecule has 2 aromatic rings. The van der Waals surface area contributed by atoms with Crippen LogP contribution in [0, 0.1) is 12.7 Å². The van der Waals surface area contributed by atoms with E-state index in [-0.39, 0.29) is 18.0 Å². The van der Waals surface area contributed by atoms with Gasteiger partial charge in [-0.15, -0.1) is 0 Å². The maximum atomic E-state index is 13.4. The van der Waals surface area contributed by atoms with Gasteiger partial charge >= 0.3 is 0 Å². The predicted octanol–water partition coefficient (Wildman–Crippen LogP) is 4.68. The van der Waals surface area contributed by atoms with Crippen LogP contribution in [0.5, 0.6) is 5.75 Å². The van der Waals surface area contributed by atoms with Gasteiger partial charge in [-0.1, -0.05) is 28.1 Å². The zero-order valence-corrected chi connectivity index (χ0v) is 13.6. The van der Waals surface area contributed by atoms with E-state index in [1.54, 1.807) is 12.1 Å². The van der Waals surface area contributed by atoms with Gasteiger partial charge in [-0.05, 0) is 43.8 Å². The van der Waals surface area contributed by atoms with Crippen molar-refractivity contribution in [2.75, 3.05) is 7.05 Å². The van der Waals surface area contributed by atoms with Crippen molar-refractivity contribution in [1.82, 2.24) is 5.32 Å². The monoisotopic (exact) mass is 349 g/mol. The smallest absolute Gasteiger partial charge is 0.127 e. The van der Waals surface area contributed by atoms with Crippen LogP contribution in [0.1, 0.15) is 35.3 Å². The third kappa shape index (κ3) is 2.83. The molecular formula is C17H17BrFNO. The van der Waals surface area contributed by atoms with Gasteiger partial charge in [-0.3, -0.25) is 0 Å². The molecule has 2 aromatic carbocycles. The average Bonchev–Trinajstić information content (AvgIpc) is 2.46. The van der Waals surface area contributed by atoms with Crippen LogP contribution in [-0.2, 0) is 0 Å². The Hall–Kier alpha value is -1.39. The van der Waals surface area contributed by atoms with Gasteiger partial charge in [-0.25, -0.2) is 4.39 Å². The number of fused-ring (bicyclic) bond motifs is 1. The van der Waals surface area contributed by atoms with Gasteiger partial charge < -0.3 is 10.1 Å². The number of ether oxygens (including phenoxy) is 1. The third-order valence-electron chi connectivity index (χ3n) is 3.92. The highest BCUT2D eigenvalue weighted by molar-refractivity contribution is 9.10. The first-order valence-electron chi connectivity index (χ1n) is 6.98. The van der Waals surface area contributed by atoms with E-state index in [0.717, 1.165) is 27.8 Å². The number of aryl methyl sites for hydroxylation is 1. The van der Waals surface area contributed by atoms with E-state index in [1.807, 2.05) is 7.05 Å². The Morgan fingerprint density at radius 2 is 2.00 bits per heavy atom. The Morgan fingerprint density at radius 1 is 1.19 bits per heavy atom. The molecule has 2 unspecified atom stereocenters. The molecule has 0 saturated heterocycles. The highest BCUT2D eigenvalue weighted by Crippen LogP contribution is 2.42. The molecule has 0 fully saturated rings. The third-order valence-corrected chi connectivity index (χ3v) is 4.60. The standard InChI is InChI=1S/C17H17BrFNO/c1-10-3-5-12(14(18)7-10)17-9-15(20-2)13-8-11(19)4-6-16(13)21-17/h3-8,15,17,20H,9H2,1-2H3. The molecule has 2 atom stereocenters. The first-order chi connectivity index (χ1) is 10.1. The molecule has 110 valence electrons. The Labute approximate surface area is 132 Å². The first-order valence-corrected chi connectivity index (χ1v) is 7.77. The van der Waals surface area contributed by atoms with Crippen LogP contribution in [0.25, 0.3) is 0 Å². The largest absolute Gasteiger partial charge is 0.485 e. The van der Waals surface area contributed by atoms with Gasteiger partial charge in [0.05, 0.1) is 0 Å². The molecule has 1 heterocycles. The fraction of sp³-hybridized carbons (Fsp3) is 0.294. The van der Waals surface area contributed by atoms with E-state index in [4.69, 9.17) is 4.74 Å². The minimum Gasteiger partial charge on any atom is -0.485 e. The van der Waals surface area contributed by atoms with Crippen LogP contribution < -0.4 is 10.1 Å². The summed E-state index contributed by atoms with van der Waals surface area (Å²) in [7, 11) is 1.89. The fourth-order valence-electron chi connectivity index (χ4n) is 2.80. The predicted molar refractivity (Wildman–Crippen MR) is 85.1 cm³/mol. The number of rotatable bonds is 2. The average molecular weight is 350 g/mol. The molecule has 2 nitrogen and oxygen atoms in total. The molecule has 1 aliphatic heterocycles. The van der Waals surface area contributed by atoms with Crippen LogP contribution in [0.15, 0.2) is 40.9 Å². The topological polar surface area (TPSA) is 21.3 Å². The van der Waals surface area contributed by atoms with Gasteiger partial charge in [0.25, 0.3) is 0 Å². The maximum Gasteiger partial charge on any atom is 0.127 e. The lowest BCUT2D eigenvalue weighted by molar-refractivity contribution is 0.153. The molecule has 0 radical (unpaired) electrons. The Bertz CT molecular complexity index is 674. The molecule has 0 saturated carbocycles. The molecule has 0 aliphatic carbocycles. The molecule has 4 heteroatoms. The number of benzene rings is 2. The summed E-state index contributed by atoms with van der Waals surface area (Å²) in [5, 5.41) is 3.26. The van der Waals surface area contributed by atoms with Crippen LogP contribution in [0.2, 0.25) is 0 Å².